The first-order valence-corrected chi connectivity index (χ1v) is 5.52. The molecular formula is C12H12F4O2. The Morgan fingerprint density at radius 1 is 1.39 bits per heavy atom. The Morgan fingerprint density at radius 3 is 2.67 bits per heavy atom. The van der Waals surface area contributed by atoms with Crippen molar-refractivity contribution < 1.29 is 27.0 Å². The third kappa shape index (κ3) is 2.52. The van der Waals surface area contributed by atoms with Gasteiger partial charge in [-0.15, -0.1) is 13.2 Å². The summed E-state index contributed by atoms with van der Waals surface area (Å²) < 4.78 is 59.6. The Kier molecular flexibility index (Phi) is 3.12. The second kappa shape index (κ2) is 4.33. The standard InChI is InChI=1S/C12H12F4O2/c1-6-5-8-4-3-7(2)17-10(8)11(9(6)13)18-12(14,15)16/h5,7H,3-4H2,1-2H3. The number of ether oxygens (including phenoxy) is 2. The van der Waals surface area contributed by atoms with E-state index in [1.165, 1.54) is 13.0 Å². The van der Waals surface area contributed by atoms with Crippen LogP contribution in [0.4, 0.5) is 17.6 Å². The molecule has 1 atom stereocenters. The van der Waals surface area contributed by atoms with E-state index in [-0.39, 0.29) is 17.4 Å². The third-order valence-corrected chi connectivity index (χ3v) is 2.79. The molecule has 1 aromatic carbocycles. The predicted molar refractivity (Wildman–Crippen MR) is 56.2 cm³/mol. The SMILES string of the molecule is Cc1cc2c(c(OC(F)(F)F)c1F)OC(C)CC2. The van der Waals surface area contributed by atoms with Crippen LogP contribution in [-0.2, 0) is 6.42 Å². The summed E-state index contributed by atoms with van der Waals surface area (Å²) in [5.41, 5.74) is 0.664. The zero-order valence-corrected chi connectivity index (χ0v) is 9.90. The van der Waals surface area contributed by atoms with Crippen molar-refractivity contribution in [1.82, 2.24) is 0 Å². The van der Waals surface area contributed by atoms with Crippen LogP contribution >= 0.6 is 0 Å². The number of aryl methyl sites for hydroxylation is 2. The molecule has 1 unspecified atom stereocenters. The number of alkyl halides is 3. The van der Waals surface area contributed by atoms with Crippen molar-refractivity contribution in [3.05, 3.63) is 23.0 Å². The lowest BCUT2D eigenvalue weighted by molar-refractivity contribution is -0.276. The second-order valence-electron chi connectivity index (χ2n) is 4.34. The molecule has 1 aliphatic heterocycles. The normalized spacial score (nSPS) is 19.1. The lowest BCUT2D eigenvalue weighted by Gasteiger charge is -2.26. The smallest absolute Gasteiger partial charge is 0.486 e. The van der Waals surface area contributed by atoms with Crippen molar-refractivity contribution in [2.45, 2.75) is 39.2 Å². The number of rotatable bonds is 1. The summed E-state index contributed by atoms with van der Waals surface area (Å²) in [6.07, 6.45) is -3.96. The number of benzene rings is 1. The first-order valence-electron chi connectivity index (χ1n) is 5.52. The molecule has 1 heterocycles. The third-order valence-electron chi connectivity index (χ3n) is 2.79. The van der Waals surface area contributed by atoms with E-state index >= 15 is 0 Å². The van der Waals surface area contributed by atoms with Crippen molar-refractivity contribution in [2.24, 2.45) is 0 Å². The van der Waals surface area contributed by atoms with Gasteiger partial charge < -0.3 is 9.47 Å². The van der Waals surface area contributed by atoms with Gasteiger partial charge in [0.25, 0.3) is 0 Å². The first-order chi connectivity index (χ1) is 8.28. The molecule has 0 saturated heterocycles. The Hall–Kier alpha value is -1.46. The maximum atomic E-state index is 13.7. The van der Waals surface area contributed by atoms with E-state index in [1.54, 1.807) is 6.92 Å². The zero-order valence-electron chi connectivity index (χ0n) is 9.90. The fraction of sp³-hybridized carbons (Fsp3) is 0.500. The summed E-state index contributed by atoms with van der Waals surface area (Å²) in [6, 6.07) is 1.50. The number of fused-ring (bicyclic) bond motifs is 1. The Bertz CT molecular complexity index is 468. The quantitative estimate of drug-likeness (QED) is 0.719. The zero-order chi connectivity index (χ0) is 13.5. The summed E-state index contributed by atoms with van der Waals surface area (Å²) >= 11 is 0. The highest BCUT2D eigenvalue weighted by Crippen LogP contribution is 2.42. The van der Waals surface area contributed by atoms with E-state index in [0.29, 0.717) is 18.4 Å². The van der Waals surface area contributed by atoms with E-state index in [0.717, 1.165) is 0 Å². The molecule has 1 aliphatic rings. The Balaban J connectivity index is 2.51. The monoisotopic (exact) mass is 264 g/mol. The van der Waals surface area contributed by atoms with Gasteiger partial charge in [0, 0.05) is 0 Å². The molecule has 0 saturated carbocycles. The van der Waals surface area contributed by atoms with E-state index in [9.17, 15) is 17.6 Å². The molecule has 2 nitrogen and oxygen atoms in total. The summed E-state index contributed by atoms with van der Waals surface area (Å²) in [6.45, 7) is 3.12. The first kappa shape index (κ1) is 13.0. The maximum absolute atomic E-state index is 13.7. The lowest BCUT2D eigenvalue weighted by atomic mass is 10.00. The van der Waals surface area contributed by atoms with Gasteiger partial charge in [-0.2, -0.15) is 0 Å². The second-order valence-corrected chi connectivity index (χ2v) is 4.34. The van der Waals surface area contributed by atoms with Crippen molar-refractivity contribution in [1.29, 1.82) is 0 Å². The van der Waals surface area contributed by atoms with Crippen molar-refractivity contribution in [2.75, 3.05) is 0 Å². The van der Waals surface area contributed by atoms with Crippen LogP contribution in [0.1, 0.15) is 24.5 Å². The highest BCUT2D eigenvalue weighted by molar-refractivity contribution is 5.51. The minimum absolute atomic E-state index is 0.117. The summed E-state index contributed by atoms with van der Waals surface area (Å²) in [5.74, 6) is -2.02. The van der Waals surface area contributed by atoms with Crippen LogP contribution in [0, 0.1) is 12.7 Å². The van der Waals surface area contributed by atoms with Crippen molar-refractivity contribution in [3.63, 3.8) is 0 Å². The summed E-state index contributed by atoms with van der Waals surface area (Å²) in [4.78, 5) is 0. The van der Waals surface area contributed by atoms with E-state index in [2.05, 4.69) is 4.74 Å². The molecule has 2 rings (SSSR count). The minimum atomic E-state index is -4.94. The molecule has 0 radical (unpaired) electrons. The average molecular weight is 264 g/mol. The Morgan fingerprint density at radius 2 is 2.06 bits per heavy atom. The molecule has 0 fully saturated rings. The van der Waals surface area contributed by atoms with Gasteiger partial charge >= 0.3 is 6.36 Å². The molecule has 6 heteroatoms. The van der Waals surface area contributed by atoms with Gasteiger partial charge in [-0.25, -0.2) is 4.39 Å². The summed E-state index contributed by atoms with van der Waals surface area (Å²) in [5, 5.41) is 0. The molecule has 1 aromatic rings. The largest absolute Gasteiger partial charge is 0.573 e. The molecule has 0 amide bonds. The van der Waals surface area contributed by atoms with Crippen LogP contribution < -0.4 is 9.47 Å². The molecule has 0 aliphatic carbocycles. The van der Waals surface area contributed by atoms with E-state index in [1.807, 2.05) is 0 Å². The maximum Gasteiger partial charge on any atom is 0.573 e. The van der Waals surface area contributed by atoms with Crippen LogP contribution in [0.15, 0.2) is 6.07 Å². The molecule has 0 spiro atoms. The van der Waals surface area contributed by atoms with Gasteiger partial charge in [0.1, 0.15) is 0 Å². The Labute approximate surface area is 102 Å². The van der Waals surface area contributed by atoms with Crippen LogP contribution in [0.25, 0.3) is 0 Å². The van der Waals surface area contributed by atoms with Gasteiger partial charge in [0.2, 0.25) is 5.75 Å². The van der Waals surface area contributed by atoms with Crippen LogP contribution in [0.5, 0.6) is 11.5 Å². The predicted octanol–water partition coefficient (Wildman–Crippen LogP) is 3.75. The fourth-order valence-corrected chi connectivity index (χ4v) is 1.96. The minimum Gasteiger partial charge on any atom is -0.486 e. The molecule has 0 N–H and O–H groups in total. The molecule has 18 heavy (non-hydrogen) atoms. The van der Waals surface area contributed by atoms with Crippen molar-refractivity contribution >= 4 is 0 Å². The van der Waals surface area contributed by atoms with Crippen molar-refractivity contribution in [3.8, 4) is 11.5 Å². The van der Waals surface area contributed by atoms with Gasteiger partial charge in [-0.3, -0.25) is 0 Å². The number of halogens is 4. The highest BCUT2D eigenvalue weighted by atomic mass is 19.4. The molecule has 0 aromatic heterocycles. The van der Waals surface area contributed by atoms with Crippen LogP contribution in [-0.4, -0.2) is 12.5 Å². The van der Waals surface area contributed by atoms with Gasteiger partial charge in [0.05, 0.1) is 6.10 Å². The summed E-state index contributed by atoms with van der Waals surface area (Å²) in [7, 11) is 0. The fourth-order valence-electron chi connectivity index (χ4n) is 1.96. The lowest BCUT2D eigenvalue weighted by Crippen LogP contribution is -2.23. The highest BCUT2D eigenvalue weighted by Gasteiger charge is 2.36. The molecular weight excluding hydrogens is 252 g/mol. The number of hydrogen-bond donors (Lipinski definition) is 0. The van der Waals surface area contributed by atoms with Gasteiger partial charge in [-0.1, -0.05) is 0 Å². The number of hydrogen-bond acceptors (Lipinski definition) is 2. The van der Waals surface area contributed by atoms with Crippen LogP contribution in [0.2, 0.25) is 0 Å². The molecule has 0 bridgehead atoms. The average Bonchev–Trinajstić information content (AvgIpc) is 2.24. The van der Waals surface area contributed by atoms with Gasteiger partial charge in [-0.05, 0) is 43.9 Å². The van der Waals surface area contributed by atoms with Crippen LogP contribution in [0.3, 0.4) is 0 Å². The topological polar surface area (TPSA) is 18.5 Å². The van der Waals surface area contributed by atoms with E-state index < -0.39 is 17.9 Å². The van der Waals surface area contributed by atoms with Gasteiger partial charge in [0.15, 0.2) is 11.6 Å². The molecule has 100 valence electrons. The van der Waals surface area contributed by atoms with E-state index in [4.69, 9.17) is 4.74 Å².